The van der Waals surface area contributed by atoms with E-state index in [9.17, 15) is 4.79 Å². The molecule has 164 valence electrons. The van der Waals surface area contributed by atoms with Gasteiger partial charge < -0.3 is 20.5 Å². The predicted octanol–water partition coefficient (Wildman–Crippen LogP) is 2.82. The largest absolute Gasteiger partial charge is 0.496 e. The molecular formula is C23H24N6O3. The van der Waals surface area contributed by atoms with E-state index in [1.54, 1.807) is 20.4 Å². The first-order valence-electron chi connectivity index (χ1n) is 10.1. The van der Waals surface area contributed by atoms with Crippen molar-refractivity contribution in [1.82, 2.24) is 20.0 Å². The minimum absolute atomic E-state index is 0.158. The number of nitrogen functional groups attached to an aromatic ring is 1. The van der Waals surface area contributed by atoms with Crippen molar-refractivity contribution < 1.29 is 14.3 Å². The molecule has 9 nitrogen and oxygen atoms in total. The second-order valence-corrected chi connectivity index (χ2v) is 7.05. The van der Waals surface area contributed by atoms with Gasteiger partial charge in [0.05, 0.1) is 24.4 Å². The Morgan fingerprint density at radius 2 is 1.84 bits per heavy atom. The summed E-state index contributed by atoms with van der Waals surface area (Å²) >= 11 is 0. The highest BCUT2D eigenvalue weighted by Crippen LogP contribution is 2.28. The van der Waals surface area contributed by atoms with Gasteiger partial charge in [-0.25, -0.2) is 9.97 Å². The molecule has 0 unspecified atom stereocenters. The second kappa shape index (κ2) is 9.44. The number of nitrogens with two attached hydrogens (primary N) is 1. The Kier molecular flexibility index (Phi) is 6.27. The number of ether oxygens (including phenoxy) is 2. The Labute approximate surface area is 184 Å². The quantitative estimate of drug-likeness (QED) is 0.327. The van der Waals surface area contributed by atoms with Crippen LogP contribution in [0.2, 0.25) is 0 Å². The molecule has 0 saturated heterocycles. The van der Waals surface area contributed by atoms with Crippen LogP contribution >= 0.6 is 0 Å². The Balaban J connectivity index is 1.82. The zero-order chi connectivity index (χ0) is 22.5. The average Bonchev–Trinajstić information content (AvgIpc) is 3.09. The summed E-state index contributed by atoms with van der Waals surface area (Å²) in [6.45, 7) is 0.995. The van der Waals surface area contributed by atoms with E-state index in [4.69, 9.17) is 15.2 Å². The van der Waals surface area contributed by atoms with Gasteiger partial charge in [-0.2, -0.15) is 9.78 Å². The molecule has 2 heterocycles. The molecule has 9 heteroatoms. The van der Waals surface area contributed by atoms with E-state index in [2.05, 4.69) is 20.4 Å². The van der Waals surface area contributed by atoms with Crippen molar-refractivity contribution >= 4 is 40.1 Å². The maximum absolute atomic E-state index is 13.0. The lowest BCUT2D eigenvalue weighted by Gasteiger charge is -2.05. The van der Waals surface area contributed by atoms with Crippen LogP contribution in [0.15, 0.2) is 53.6 Å². The summed E-state index contributed by atoms with van der Waals surface area (Å²) in [5, 5.41) is 7.38. The number of hydrogen-bond donors (Lipinski definition) is 2. The smallest absolute Gasteiger partial charge is 0.257 e. The molecule has 1 amide bonds. The summed E-state index contributed by atoms with van der Waals surface area (Å²) in [6, 6.07) is 14.9. The van der Waals surface area contributed by atoms with E-state index in [-0.39, 0.29) is 17.3 Å². The molecule has 0 fully saturated rings. The summed E-state index contributed by atoms with van der Waals surface area (Å²) in [6.07, 6.45) is 2.30. The van der Waals surface area contributed by atoms with Crippen molar-refractivity contribution in [1.29, 1.82) is 0 Å². The third-order valence-electron chi connectivity index (χ3n) is 4.96. The van der Waals surface area contributed by atoms with Gasteiger partial charge in [-0.1, -0.05) is 24.3 Å². The third kappa shape index (κ3) is 4.10. The van der Waals surface area contributed by atoms with E-state index in [1.165, 1.54) is 4.68 Å². The van der Waals surface area contributed by atoms with Crippen LogP contribution in [0.25, 0.3) is 22.2 Å². The van der Waals surface area contributed by atoms with Gasteiger partial charge in [0.2, 0.25) is 0 Å². The SMILES string of the molecule is COCCCNC(=O)c1c(N)n(N=Cc2ccccc2OC)c2nc3ccccc3nc12. The number of methoxy groups -OCH3 is 2. The van der Waals surface area contributed by atoms with Crippen LogP contribution < -0.4 is 15.8 Å². The molecule has 2 aromatic carbocycles. The topological polar surface area (TPSA) is 117 Å². The number of carbonyl (C=O) groups excluding carboxylic acids is 1. The molecular weight excluding hydrogens is 408 g/mol. The first-order chi connectivity index (χ1) is 15.6. The Bertz CT molecular complexity index is 1300. The molecule has 0 aliphatic rings. The van der Waals surface area contributed by atoms with Gasteiger partial charge in [0.25, 0.3) is 5.91 Å². The highest BCUT2D eigenvalue weighted by Gasteiger charge is 2.23. The lowest BCUT2D eigenvalue weighted by molar-refractivity contribution is 0.0951. The molecule has 0 aliphatic heterocycles. The first-order valence-corrected chi connectivity index (χ1v) is 10.1. The van der Waals surface area contributed by atoms with Gasteiger partial charge in [0, 0.05) is 25.8 Å². The minimum atomic E-state index is -0.334. The zero-order valence-corrected chi connectivity index (χ0v) is 17.9. The fraction of sp³-hybridized carbons (Fsp3) is 0.217. The highest BCUT2D eigenvalue weighted by atomic mass is 16.5. The van der Waals surface area contributed by atoms with Crippen molar-refractivity contribution in [3.05, 3.63) is 59.7 Å². The molecule has 0 atom stereocenters. The Morgan fingerprint density at radius 3 is 2.59 bits per heavy atom. The van der Waals surface area contributed by atoms with Crippen LogP contribution in [0.1, 0.15) is 22.3 Å². The molecule has 0 saturated carbocycles. The number of carbonyl (C=O) groups is 1. The molecule has 3 N–H and O–H groups in total. The number of amides is 1. The van der Waals surface area contributed by atoms with Gasteiger partial charge >= 0.3 is 0 Å². The maximum atomic E-state index is 13.0. The predicted molar refractivity (Wildman–Crippen MR) is 124 cm³/mol. The van der Waals surface area contributed by atoms with Crippen LogP contribution in [0.5, 0.6) is 5.75 Å². The number of fused-ring (bicyclic) bond motifs is 2. The number of hydrogen-bond acceptors (Lipinski definition) is 7. The fourth-order valence-electron chi connectivity index (χ4n) is 3.39. The monoisotopic (exact) mass is 432 g/mol. The number of anilines is 1. The van der Waals surface area contributed by atoms with Gasteiger partial charge in [-0.15, -0.1) is 0 Å². The van der Waals surface area contributed by atoms with Crippen LogP contribution in [0.3, 0.4) is 0 Å². The second-order valence-electron chi connectivity index (χ2n) is 7.05. The fourth-order valence-corrected chi connectivity index (χ4v) is 3.39. The molecule has 0 spiro atoms. The number of para-hydroxylation sites is 3. The Morgan fingerprint density at radius 1 is 1.12 bits per heavy atom. The van der Waals surface area contributed by atoms with Crippen molar-refractivity contribution in [2.75, 3.05) is 33.1 Å². The summed E-state index contributed by atoms with van der Waals surface area (Å²) in [7, 11) is 3.21. The van der Waals surface area contributed by atoms with Crippen molar-refractivity contribution in [3.8, 4) is 5.75 Å². The van der Waals surface area contributed by atoms with Gasteiger partial charge in [-0.3, -0.25) is 4.79 Å². The van der Waals surface area contributed by atoms with E-state index >= 15 is 0 Å². The molecule has 2 aromatic heterocycles. The molecule has 32 heavy (non-hydrogen) atoms. The third-order valence-corrected chi connectivity index (χ3v) is 4.96. The normalized spacial score (nSPS) is 11.4. The molecule has 4 aromatic rings. The summed E-state index contributed by atoms with van der Waals surface area (Å²) in [4.78, 5) is 22.3. The Hall–Kier alpha value is -3.98. The standard InChI is InChI=1S/C23H24N6O3/c1-31-13-7-12-25-23(30)19-20-22(28-17-10-5-4-9-16(17)27-20)29(21(19)24)26-14-15-8-3-6-11-18(15)32-2/h3-6,8-11,14H,7,12-13,24H2,1-2H3,(H,25,30). The molecule has 0 bridgehead atoms. The lowest BCUT2D eigenvalue weighted by Crippen LogP contribution is -2.26. The van der Waals surface area contributed by atoms with Crippen molar-refractivity contribution in [3.63, 3.8) is 0 Å². The van der Waals surface area contributed by atoms with Crippen LogP contribution in [-0.2, 0) is 4.74 Å². The molecule has 0 radical (unpaired) electrons. The van der Waals surface area contributed by atoms with E-state index in [1.807, 2.05) is 48.5 Å². The average molecular weight is 432 g/mol. The highest BCUT2D eigenvalue weighted by molar-refractivity contribution is 6.10. The minimum Gasteiger partial charge on any atom is -0.496 e. The number of benzene rings is 2. The lowest BCUT2D eigenvalue weighted by atomic mass is 10.2. The number of aromatic nitrogens is 3. The van der Waals surface area contributed by atoms with Gasteiger partial charge in [-0.05, 0) is 30.7 Å². The number of rotatable bonds is 8. The zero-order valence-electron chi connectivity index (χ0n) is 17.9. The van der Waals surface area contributed by atoms with E-state index in [0.29, 0.717) is 47.5 Å². The molecule has 0 aliphatic carbocycles. The van der Waals surface area contributed by atoms with Crippen LogP contribution in [0, 0.1) is 0 Å². The summed E-state index contributed by atoms with van der Waals surface area (Å²) in [5.74, 6) is 0.490. The van der Waals surface area contributed by atoms with Gasteiger partial charge in [0.15, 0.2) is 5.65 Å². The van der Waals surface area contributed by atoms with Crippen molar-refractivity contribution in [2.24, 2.45) is 5.10 Å². The number of nitrogens with zero attached hydrogens (tertiary/aromatic N) is 4. The first kappa shape index (κ1) is 21.3. The van der Waals surface area contributed by atoms with Crippen molar-refractivity contribution in [2.45, 2.75) is 6.42 Å². The van der Waals surface area contributed by atoms with Crippen LogP contribution in [0.4, 0.5) is 5.82 Å². The van der Waals surface area contributed by atoms with E-state index in [0.717, 1.165) is 5.56 Å². The van der Waals surface area contributed by atoms with Gasteiger partial charge in [0.1, 0.15) is 22.6 Å². The van der Waals surface area contributed by atoms with Crippen LogP contribution in [-0.4, -0.2) is 54.1 Å². The van der Waals surface area contributed by atoms with E-state index < -0.39 is 0 Å². The number of nitrogens with one attached hydrogen (secondary N) is 1. The summed E-state index contributed by atoms with van der Waals surface area (Å²) < 4.78 is 11.9. The molecule has 4 rings (SSSR count). The maximum Gasteiger partial charge on any atom is 0.257 e. The summed E-state index contributed by atoms with van der Waals surface area (Å²) in [5.41, 5.74) is 9.53.